The Morgan fingerprint density at radius 2 is 1.75 bits per heavy atom. The second kappa shape index (κ2) is 8.19. The fraction of sp³-hybridized carbons (Fsp3) is 0.455. The molecule has 6 heteroatoms. The molecule has 2 aromatic rings. The van der Waals surface area contributed by atoms with Crippen LogP contribution in [0, 0.1) is 0 Å². The van der Waals surface area contributed by atoms with Gasteiger partial charge < -0.3 is 29.4 Å². The molecule has 4 atom stereocenters. The third-order valence-electron chi connectivity index (χ3n) is 4.96. The van der Waals surface area contributed by atoms with Gasteiger partial charge in [0.15, 0.2) is 12.1 Å². The van der Waals surface area contributed by atoms with Crippen molar-refractivity contribution in [2.75, 3.05) is 6.54 Å². The SMILES string of the molecule is CC1(C)OC2OC(CNCc3ccc(OCc4ccccc4)cc3)C(O)C2O1. The molecular weight excluding hydrogens is 358 g/mol. The first-order chi connectivity index (χ1) is 13.5. The first-order valence-electron chi connectivity index (χ1n) is 9.66. The van der Waals surface area contributed by atoms with E-state index in [1.165, 1.54) is 0 Å². The molecule has 2 heterocycles. The summed E-state index contributed by atoms with van der Waals surface area (Å²) in [7, 11) is 0. The number of rotatable bonds is 7. The van der Waals surface area contributed by atoms with Crippen molar-refractivity contribution in [3.8, 4) is 5.75 Å². The molecule has 0 amide bonds. The molecule has 2 aliphatic heterocycles. The highest BCUT2D eigenvalue weighted by molar-refractivity contribution is 5.27. The highest BCUT2D eigenvalue weighted by Gasteiger charge is 2.53. The molecule has 0 bridgehead atoms. The van der Waals surface area contributed by atoms with Gasteiger partial charge in [-0.25, -0.2) is 0 Å². The second-order valence-electron chi connectivity index (χ2n) is 7.68. The van der Waals surface area contributed by atoms with E-state index in [0.717, 1.165) is 16.9 Å². The Bertz CT molecular complexity index is 764. The number of benzene rings is 2. The minimum Gasteiger partial charge on any atom is -0.489 e. The molecule has 2 aliphatic rings. The van der Waals surface area contributed by atoms with Gasteiger partial charge in [0, 0.05) is 13.1 Å². The van der Waals surface area contributed by atoms with E-state index in [-0.39, 0.29) is 6.10 Å². The highest BCUT2D eigenvalue weighted by atomic mass is 16.8. The number of aliphatic hydroxyl groups is 1. The van der Waals surface area contributed by atoms with Gasteiger partial charge in [-0.2, -0.15) is 0 Å². The quantitative estimate of drug-likeness (QED) is 0.764. The van der Waals surface area contributed by atoms with E-state index in [1.54, 1.807) is 0 Å². The van der Waals surface area contributed by atoms with Crippen molar-refractivity contribution >= 4 is 0 Å². The summed E-state index contributed by atoms with van der Waals surface area (Å²) < 4.78 is 23.0. The summed E-state index contributed by atoms with van der Waals surface area (Å²) in [5, 5.41) is 13.7. The molecule has 2 N–H and O–H groups in total. The van der Waals surface area contributed by atoms with Crippen LogP contribution < -0.4 is 10.1 Å². The van der Waals surface area contributed by atoms with Gasteiger partial charge in [-0.1, -0.05) is 42.5 Å². The van der Waals surface area contributed by atoms with E-state index in [9.17, 15) is 5.11 Å². The lowest BCUT2D eigenvalue weighted by Crippen LogP contribution is -2.39. The topological polar surface area (TPSA) is 69.2 Å². The zero-order valence-corrected chi connectivity index (χ0v) is 16.2. The number of hydrogen-bond donors (Lipinski definition) is 2. The van der Waals surface area contributed by atoms with Crippen LogP contribution in [0.3, 0.4) is 0 Å². The first kappa shape index (κ1) is 19.4. The fourth-order valence-corrected chi connectivity index (χ4v) is 3.53. The molecular formula is C22H27NO5. The lowest BCUT2D eigenvalue weighted by atomic mass is 10.1. The van der Waals surface area contributed by atoms with Crippen molar-refractivity contribution in [2.24, 2.45) is 0 Å². The van der Waals surface area contributed by atoms with E-state index in [1.807, 2.05) is 68.4 Å². The van der Waals surface area contributed by atoms with Crippen LogP contribution in [-0.4, -0.2) is 42.0 Å². The molecule has 4 rings (SSSR count). The zero-order valence-electron chi connectivity index (χ0n) is 16.2. The summed E-state index contributed by atoms with van der Waals surface area (Å²) in [6.45, 7) is 5.39. The van der Waals surface area contributed by atoms with Crippen molar-refractivity contribution in [3.05, 3.63) is 65.7 Å². The van der Waals surface area contributed by atoms with Crippen LogP contribution in [0.4, 0.5) is 0 Å². The van der Waals surface area contributed by atoms with E-state index >= 15 is 0 Å². The maximum Gasteiger partial charge on any atom is 0.190 e. The predicted molar refractivity (Wildman–Crippen MR) is 104 cm³/mol. The molecule has 0 aromatic heterocycles. The Hall–Kier alpha value is -1.96. The monoisotopic (exact) mass is 385 g/mol. The highest BCUT2D eigenvalue weighted by Crippen LogP contribution is 2.37. The maximum absolute atomic E-state index is 10.4. The molecule has 2 fully saturated rings. The van der Waals surface area contributed by atoms with Gasteiger partial charge in [0.25, 0.3) is 0 Å². The van der Waals surface area contributed by atoms with Gasteiger partial charge in [0.2, 0.25) is 0 Å². The molecule has 0 radical (unpaired) electrons. The van der Waals surface area contributed by atoms with Crippen LogP contribution in [0.5, 0.6) is 5.75 Å². The van der Waals surface area contributed by atoms with Crippen molar-refractivity contribution in [2.45, 2.75) is 57.4 Å². The van der Waals surface area contributed by atoms with Crippen LogP contribution in [-0.2, 0) is 27.4 Å². The molecule has 150 valence electrons. The maximum atomic E-state index is 10.4. The largest absolute Gasteiger partial charge is 0.489 e. The molecule has 2 saturated heterocycles. The molecule has 28 heavy (non-hydrogen) atoms. The Kier molecular flexibility index (Phi) is 5.66. The summed E-state index contributed by atoms with van der Waals surface area (Å²) in [6, 6.07) is 18.1. The number of hydrogen-bond acceptors (Lipinski definition) is 6. The number of fused-ring (bicyclic) bond motifs is 1. The first-order valence-corrected chi connectivity index (χ1v) is 9.66. The summed E-state index contributed by atoms with van der Waals surface area (Å²) >= 11 is 0. The number of ether oxygens (including phenoxy) is 4. The Morgan fingerprint density at radius 1 is 1.00 bits per heavy atom. The fourth-order valence-electron chi connectivity index (χ4n) is 3.53. The van der Waals surface area contributed by atoms with Crippen LogP contribution in [0.1, 0.15) is 25.0 Å². The standard InChI is InChI=1S/C22H27NO5/c1-22(2)27-20-19(24)18(26-21(20)28-22)13-23-12-15-8-10-17(11-9-15)25-14-16-6-4-3-5-7-16/h3-11,18-21,23-24H,12-14H2,1-2H3. The molecule has 4 unspecified atom stereocenters. The van der Waals surface area contributed by atoms with Crippen molar-refractivity contribution in [3.63, 3.8) is 0 Å². The predicted octanol–water partition coefficient (Wildman–Crippen LogP) is 2.59. The summed E-state index contributed by atoms with van der Waals surface area (Å²) in [6.07, 6.45) is -1.98. The van der Waals surface area contributed by atoms with Crippen LogP contribution in [0.2, 0.25) is 0 Å². The third-order valence-corrected chi connectivity index (χ3v) is 4.96. The average Bonchev–Trinajstić information content (AvgIpc) is 3.14. The minimum absolute atomic E-state index is 0.348. The van der Waals surface area contributed by atoms with Crippen molar-refractivity contribution < 1.29 is 24.1 Å². The van der Waals surface area contributed by atoms with E-state index in [4.69, 9.17) is 18.9 Å². The van der Waals surface area contributed by atoms with Gasteiger partial charge in [-0.3, -0.25) is 0 Å². The van der Waals surface area contributed by atoms with E-state index in [2.05, 4.69) is 5.32 Å². The van der Waals surface area contributed by atoms with Crippen LogP contribution >= 0.6 is 0 Å². The lowest BCUT2D eigenvalue weighted by Gasteiger charge is -2.23. The van der Waals surface area contributed by atoms with Gasteiger partial charge in [-0.05, 0) is 37.1 Å². The van der Waals surface area contributed by atoms with Gasteiger partial charge >= 0.3 is 0 Å². The summed E-state index contributed by atoms with van der Waals surface area (Å²) in [5.41, 5.74) is 2.28. The van der Waals surface area contributed by atoms with Crippen LogP contribution in [0.25, 0.3) is 0 Å². The number of nitrogens with one attached hydrogen (secondary N) is 1. The van der Waals surface area contributed by atoms with Gasteiger partial charge in [0.05, 0.1) is 0 Å². The molecule has 2 aromatic carbocycles. The lowest BCUT2D eigenvalue weighted by molar-refractivity contribution is -0.214. The van der Waals surface area contributed by atoms with E-state index in [0.29, 0.717) is 19.7 Å². The smallest absolute Gasteiger partial charge is 0.190 e. The zero-order chi connectivity index (χ0) is 19.6. The normalized spacial score (nSPS) is 28.2. The Balaban J connectivity index is 1.21. The Labute approximate surface area is 165 Å². The van der Waals surface area contributed by atoms with Crippen molar-refractivity contribution in [1.82, 2.24) is 5.32 Å². The summed E-state index contributed by atoms with van der Waals surface area (Å²) in [5.74, 6) is 0.130. The molecule has 0 saturated carbocycles. The van der Waals surface area contributed by atoms with Crippen molar-refractivity contribution in [1.29, 1.82) is 0 Å². The second-order valence-corrected chi connectivity index (χ2v) is 7.68. The molecule has 0 spiro atoms. The number of aliphatic hydroxyl groups excluding tert-OH is 1. The molecule has 6 nitrogen and oxygen atoms in total. The van der Waals surface area contributed by atoms with Gasteiger partial charge in [0.1, 0.15) is 30.7 Å². The minimum atomic E-state index is -0.709. The third kappa shape index (κ3) is 4.54. The molecule has 0 aliphatic carbocycles. The summed E-state index contributed by atoms with van der Waals surface area (Å²) in [4.78, 5) is 0. The van der Waals surface area contributed by atoms with Gasteiger partial charge in [-0.15, -0.1) is 0 Å². The van der Waals surface area contributed by atoms with E-state index < -0.39 is 24.3 Å². The average molecular weight is 385 g/mol. The van der Waals surface area contributed by atoms with Crippen LogP contribution in [0.15, 0.2) is 54.6 Å². The Morgan fingerprint density at radius 3 is 2.46 bits per heavy atom.